The van der Waals surface area contributed by atoms with Crippen LogP contribution in [-0.4, -0.2) is 22.4 Å². The fourth-order valence-electron chi connectivity index (χ4n) is 1.55. The number of carbonyl (C=O) groups excluding carboxylic acids is 1. The molecule has 0 saturated carbocycles. The van der Waals surface area contributed by atoms with Gasteiger partial charge in [-0.3, -0.25) is 4.79 Å². The number of aromatic nitrogens is 2. The number of halogens is 1. The average molecular weight is 274 g/mol. The van der Waals surface area contributed by atoms with Crippen LogP contribution in [0, 0.1) is 5.82 Å². The Kier molecular flexibility index (Phi) is 4.60. The van der Waals surface area contributed by atoms with Crippen molar-refractivity contribution in [1.82, 2.24) is 9.97 Å². The Morgan fingerprint density at radius 1 is 1.30 bits per heavy atom. The Balaban J connectivity index is 2.02. The number of benzene rings is 1. The number of rotatable bonds is 5. The summed E-state index contributed by atoms with van der Waals surface area (Å²) in [4.78, 5) is 20.0. The zero-order valence-corrected chi connectivity index (χ0v) is 11.1. The molecule has 0 aliphatic heterocycles. The third-order valence-corrected chi connectivity index (χ3v) is 2.52. The normalized spacial score (nSPS) is 10.1. The zero-order valence-electron chi connectivity index (χ0n) is 11.1. The van der Waals surface area contributed by atoms with E-state index >= 15 is 0 Å². The van der Waals surface area contributed by atoms with Crippen LogP contribution in [0.5, 0.6) is 0 Å². The van der Waals surface area contributed by atoms with E-state index in [1.54, 1.807) is 6.07 Å². The second-order valence-electron chi connectivity index (χ2n) is 4.18. The molecule has 1 aromatic heterocycles. The highest BCUT2D eigenvalue weighted by Crippen LogP contribution is 2.10. The molecule has 20 heavy (non-hydrogen) atoms. The quantitative estimate of drug-likeness (QED) is 0.879. The Morgan fingerprint density at radius 3 is 2.80 bits per heavy atom. The molecule has 2 N–H and O–H groups in total. The molecule has 0 aliphatic carbocycles. The molecular weight excluding hydrogens is 259 g/mol. The number of hydrogen-bond donors (Lipinski definition) is 2. The third kappa shape index (κ3) is 3.74. The Labute approximate surface area is 116 Å². The number of amides is 1. The Hall–Kier alpha value is -2.50. The van der Waals surface area contributed by atoms with Gasteiger partial charge in [-0.2, -0.15) is 0 Å². The van der Waals surface area contributed by atoms with Crippen molar-refractivity contribution in [3.8, 4) is 0 Å². The summed E-state index contributed by atoms with van der Waals surface area (Å²) in [5.41, 5.74) is 0.557. The first-order chi connectivity index (χ1) is 9.69. The molecule has 6 heteroatoms. The maximum Gasteiger partial charge on any atom is 0.275 e. The average Bonchev–Trinajstić information content (AvgIpc) is 2.45. The summed E-state index contributed by atoms with van der Waals surface area (Å²) < 4.78 is 13.0. The number of anilines is 2. The van der Waals surface area contributed by atoms with Crippen molar-refractivity contribution in [1.29, 1.82) is 0 Å². The van der Waals surface area contributed by atoms with Crippen LogP contribution in [0.25, 0.3) is 0 Å². The molecule has 0 saturated heterocycles. The first-order valence-corrected chi connectivity index (χ1v) is 6.32. The van der Waals surface area contributed by atoms with Gasteiger partial charge in [0.25, 0.3) is 5.91 Å². The fraction of sp³-hybridized carbons (Fsp3) is 0.214. The van der Waals surface area contributed by atoms with Crippen molar-refractivity contribution in [3.05, 3.63) is 48.2 Å². The Bertz CT molecular complexity index is 586. The summed E-state index contributed by atoms with van der Waals surface area (Å²) in [7, 11) is 0. The summed E-state index contributed by atoms with van der Waals surface area (Å²) in [6.07, 6.45) is 3.85. The van der Waals surface area contributed by atoms with Crippen LogP contribution in [-0.2, 0) is 0 Å². The second kappa shape index (κ2) is 6.60. The lowest BCUT2D eigenvalue weighted by molar-refractivity contribution is 0.102. The fourth-order valence-corrected chi connectivity index (χ4v) is 1.55. The van der Waals surface area contributed by atoms with Crippen LogP contribution in [0.2, 0.25) is 0 Å². The van der Waals surface area contributed by atoms with Crippen LogP contribution in [0.1, 0.15) is 23.8 Å². The maximum absolute atomic E-state index is 13.0. The summed E-state index contributed by atoms with van der Waals surface area (Å²) in [6.45, 7) is 2.84. The molecule has 0 spiro atoms. The van der Waals surface area contributed by atoms with Crippen molar-refractivity contribution < 1.29 is 9.18 Å². The number of nitrogens with zero attached hydrogens (tertiary/aromatic N) is 2. The summed E-state index contributed by atoms with van der Waals surface area (Å²) >= 11 is 0. The summed E-state index contributed by atoms with van der Waals surface area (Å²) in [5.74, 6) is -0.215. The van der Waals surface area contributed by atoms with Crippen LogP contribution in [0.15, 0.2) is 36.7 Å². The third-order valence-electron chi connectivity index (χ3n) is 2.52. The van der Waals surface area contributed by atoms with Gasteiger partial charge >= 0.3 is 0 Å². The van der Waals surface area contributed by atoms with Crippen molar-refractivity contribution in [3.63, 3.8) is 0 Å². The van der Waals surface area contributed by atoms with Gasteiger partial charge in [0.2, 0.25) is 0 Å². The molecule has 1 aromatic carbocycles. The number of hydrogen-bond acceptors (Lipinski definition) is 4. The molecule has 2 rings (SSSR count). The van der Waals surface area contributed by atoms with Gasteiger partial charge in [-0.1, -0.05) is 13.0 Å². The maximum atomic E-state index is 13.0. The largest absolute Gasteiger partial charge is 0.369 e. The molecule has 0 fully saturated rings. The smallest absolute Gasteiger partial charge is 0.275 e. The first-order valence-electron chi connectivity index (χ1n) is 6.32. The zero-order chi connectivity index (χ0) is 14.4. The summed E-state index contributed by atoms with van der Waals surface area (Å²) in [5, 5.41) is 5.62. The van der Waals surface area contributed by atoms with Crippen molar-refractivity contribution in [2.24, 2.45) is 0 Å². The van der Waals surface area contributed by atoms with Gasteiger partial charge in [0, 0.05) is 12.2 Å². The molecule has 1 amide bonds. The molecule has 0 radical (unpaired) electrons. The van der Waals surface area contributed by atoms with E-state index in [0.717, 1.165) is 13.0 Å². The molecule has 0 aliphatic rings. The van der Waals surface area contributed by atoms with Gasteiger partial charge < -0.3 is 10.6 Å². The Morgan fingerprint density at radius 2 is 2.15 bits per heavy atom. The van der Waals surface area contributed by atoms with E-state index in [1.807, 2.05) is 6.92 Å². The van der Waals surface area contributed by atoms with Gasteiger partial charge in [-0.05, 0) is 24.6 Å². The minimum Gasteiger partial charge on any atom is -0.369 e. The van der Waals surface area contributed by atoms with E-state index in [9.17, 15) is 9.18 Å². The van der Waals surface area contributed by atoms with E-state index in [0.29, 0.717) is 11.5 Å². The van der Waals surface area contributed by atoms with Crippen LogP contribution in [0.3, 0.4) is 0 Å². The van der Waals surface area contributed by atoms with E-state index < -0.39 is 11.7 Å². The van der Waals surface area contributed by atoms with Crippen molar-refractivity contribution >= 4 is 17.4 Å². The number of nitrogens with one attached hydrogen (secondary N) is 2. The lowest BCUT2D eigenvalue weighted by atomic mass is 10.3. The van der Waals surface area contributed by atoms with E-state index in [4.69, 9.17) is 0 Å². The second-order valence-corrected chi connectivity index (χ2v) is 4.18. The van der Waals surface area contributed by atoms with Gasteiger partial charge in [0.1, 0.15) is 17.3 Å². The van der Waals surface area contributed by atoms with Gasteiger partial charge in [-0.15, -0.1) is 0 Å². The van der Waals surface area contributed by atoms with Crippen LogP contribution >= 0.6 is 0 Å². The minimum absolute atomic E-state index is 0.177. The molecule has 1 heterocycles. The molecule has 0 unspecified atom stereocenters. The lowest BCUT2D eigenvalue weighted by Gasteiger charge is -2.06. The van der Waals surface area contributed by atoms with E-state index in [2.05, 4.69) is 20.6 Å². The van der Waals surface area contributed by atoms with Crippen molar-refractivity contribution in [2.45, 2.75) is 13.3 Å². The van der Waals surface area contributed by atoms with Crippen LogP contribution < -0.4 is 10.6 Å². The van der Waals surface area contributed by atoms with E-state index in [1.165, 1.54) is 30.6 Å². The standard InChI is InChI=1S/C14H15FN4O/c1-2-6-16-13-9-17-12(8-18-13)14(20)19-11-5-3-4-10(15)7-11/h3-5,7-9H,2,6H2,1H3,(H,16,18)(H,19,20). The van der Waals surface area contributed by atoms with Gasteiger partial charge in [-0.25, -0.2) is 14.4 Å². The van der Waals surface area contributed by atoms with Gasteiger partial charge in [0.15, 0.2) is 0 Å². The first kappa shape index (κ1) is 13.9. The monoisotopic (exact) mass is 274 g/mol. The van der Waals surface area contributed by atoms with Crippen LogP contribution in [0.4, 0.5) is 15.9 Å². The molecule has 2 aromatic rings. The molecule has 104 valence electrons. The molecule has 0 bridgehead atoms. The predicted octanol–water partition coefficient (Wildman–Crippen LogP) is 2.69. The van der Waals surface area contributed by atoms with E-state index in [-0.39, 0.29) is 5.69 Å². The molecular formula is C14H15FN4O. The SMILES string of the molecule is CCCNc1cnc(C(=O)Nc2cccc(F)c2)cn1. The van der Waals surface area contributed by atoms with Gasteiger partial charge in [0.05, 0.1) is 12.4 Å². The number of carbonyl (C=O) groups is 1. The molecule has 0 atom stereocenters. The van der Waals surface area contributed by atoms with Crippen molar-refractivity contribution in [2.75, 3.05) is 17.2 Å². The molecule has 5 nitrogen and oxygen atoms in total. The highest BCUT2D eigenvalue weighted by atomic mass is 19.1. The topological polar surface area (TPSA) is 66.9 Å². The highest BCUT2D eigenvalue weighted by molar-refractivity contribution is 6.02. The minimum atomic E-state index is -0.426. The summed E-state index contributed by atoms with van der Waals surface area (Å²) in [6, 6.07) is 5.67. The predicted molar refractivity (Wildman–Crippen MR) is 75.2 cm³/mol. The lowest BCUT2D eigenvalue weighted by Crippen LogP contribution is -2.14. The highest BCUT2D eigenvalue weighted by Gasteiger charge is 2.08.